The highest BCUT2D eigenvalue weighted by Crippen LogP contribution is 2.23. The Kier molecular flexibility index (Phi) is 7.63. The molecule has 0 N–H and O–H groups in total. The van der Waals surface area contributed by atoms with Crippen molar-refractivity contribution in [1.29, 1.82) is 0 Å². The summed E-state index contributed by atoms with van der Waals surface area (Å²) in [5.41, 5.74) is 3.42. The second kappa shape index (κ2) is 10.2. The predicted octanol–water partition coefficient (Wildman–Crippen LogP) is 5.98. The summed E-state index contributed by atoms with van der Waals surface area (Å²) in [5, 5.41) is 0. The summed E-state index contributed by atoms with van der Waals surface area (Å²) in [6.07, 6.45) is 5.16. The molecule has 1 fully saturated rings. The molecular formula is C26H35NO2. The Bertz CT molecular complexity index is 762. The molecule has 1 atom stereocenters. The molecular weight excluding hydrogens is 358 g/mol. The van der Waals surface area contributed by atoms with E-state index in [4.69, 9.17) is 4.74 Å². The van der Waals surface area contributed by atoms with Crippen molar-refractivity contribution < 1.29 is 9.53 Å². The molecule has 2 aromatic rings. The van der Waals surface area contributed by atoms with Gasteiger partial charge in [-0.15, -0.1) is 0 Å². The highest BCUT2D eigenvalue weighted by atomic mass is 16.5. The maximum Gasteiger partial charge on any atom is 0.162 e. The van der Waals surface area contributed by atoms with Crippen LogP contribution in [0.3, 0.4) is 0 Å². The molecule has 29 heavy (non-hydrogen) atoms. The first-order chi connectivity index (χ1) is 13.9. The predicted molar refractivity (Wildman–Crippen MR) is 119 cm³/mol. The first-order valence-corrected chi connectivity index (χ1v) is 11.0. The van der Waals surface area contributed by atoms with Crippen molar-refractivity contribution in [2.45, 2.75) is 71.1 Å². The Balaban J connectivity index is 1.46. The minimum absolute atomic E-state index is 0.116. The average molecular weight is 394 g/mol. The Morgan fingerprint density at radius 2 is 1.76 bits per heavy atom. The molecule has 1 heterocycles. The van der Waals surface area contributed by atoms with E-state index in [1.807, 2.05) is 18.2 Å². The molecule has 0 bridgehead atoms. The van der Waals surface area contributed by atoms with E-state index in [2.05, 4.69) is 62.1 Å². The number of rotatable bonds is 8. The van der Waals surface area contributed by atoms with Crippen LogP contribution in [-0.2, 0) is 16.8 Å². The second-order valence-corrected chi connectivity index (χ2v) is 9.14. The Morgan fingerprint density at radius 3 is 2.45 bits per heavy atom. The molecule has 0 aliphatic carbocycles. The van der Waals surface area contributed by atoms with Gasteiger partial charge in [0.25, 0.3) is 0 Å². The second-order valence-electron chi connectivity index (χ2n) is 9.14. The molecule has 1 saturated heterocycles. The number of hydrogen-bond acceptors (Lipinski definition) is 3. The molecule has 0 aromatic heterocycles. The summed E-state index contributed by atoms with van der Waals surface area (Å²) < 4.78 is 6.21. The Morgan fingerprint density at radius 1 is 1.03 bits per heavy atom. The van der Waals surface area contributed by atoms with Crippen molar-refractivity contribution >= 4 is 5.78 Å². The number of benzene rings is 2. The van der Waals surface area contributed by atoms with Crippen molar-refractivity contribution in [1.82, 2.24) is 4.90 Å². The van der Waals surface area contributed by atoms with Crippen LogP contribution in [0.15, 0.2) is 54.6 Å². The van der Waals surface area contributed by atoms with Gasteiger partial charge in [0.05, 0.1) is 6.61 Å². The summed E-state index contributed by atoms with van der Waals surface area (Å²) in [6.45, 7) is 9.22. The van der Waals surface area contributed by atoms with Gasteiger partial charge >= 0.3 is 0 Å². The molecule has 0 saturated carbocycles. The Labute approximate surface area is 176 Å². The Hall–Kier alpha value is -1.97. The molecule has 1 aliphatic rings. The third-order valence-electron chi connectivity index (χ3n) is 5.76. The molecule has 2 aromatic carbocycles. The van der Waals surface area contributed by atoms with E-state index in [-0.39, 0.29) is 17.4 Å². The molecule has 0 amide bonds. The highest BCUT2D eigenvalue weighted by molar-refractivity contribution is 5.96. The normalized spacial score (nSPS) is 18.0. The van der Waals surface area contributed by atoms with Crippen molar-refractivity contribution in [2.75, 3.05) is 13.1 Å². The standard InChI is InChI=1S/C26H35NO2/c1-26(2,3)23-16-14-22(15-17-23)24(28)12-9-19-27-18-8-7-13-25(27)29-20-21-10-5-4-6-11-21/h4-6,10-11,14-17,25H,7-9,12-13,18-20H2,1-3H3. The van der Waals surface area contributed by atoms with Crippen LogP contribution >= 0.6 is 0 Å². The zero-order valence-corrected chi connectivity index (χ0v) is 18.2. The fraction of sp³-hybridized carbons (Fsp3) is 0.500. The molecule has 3 rings (SSSR count). The zero-order valence-electron chi connectivity index (χ0n) is 18.2. The van der Waals surface area contributed by atoms with Crippen molar-refractivity contribution in [3.63, 3.8) is 0 Å². The van der Waals surface area contributed by atoms with Crippen molar-refractivity contribution in [3.05, 3.63) is 71.3 Å². The van der Waals surface area contributed by atoms with Crippen LogP contribution in [0.5, 0.6) is 0 Å². The molecule has 3 heteroatoms. The van der Waals surface area contributed by atoms with Crippen LogP contribution < -0.4 is 0 Å². The molecule has 0 radical (unpaired) electrons. The number of carbonyl (C=O) groups excluding carboxylic acids is 1. The molecule has 1 unspecified atom stereocenters. The number of Topliss-reactive ketones (excluding diaryl/α,β-unsaturated/α-hetero) is 1. The monoisotopic (exact) mass is 393 g/mol. The smallest absolute Gasteiger partial charge is 0.162 e. The van der Waals surface area contributed by atoms with Crippen molar-refractivity contribution in [3.8, 4) is 0 Å². The third kappa shape index (κ3) is 6.52. The van der Waals surface area contributed by atoms with Gasteiger partial charge in [0.15, 0.2) is 5.78 Å². The molecule has 1 aliphatic heterocycles. The fourth-order valence-electron chi connectivity index (χ4n) is 3.91. The van der Waals surface area contributed by atoms with E-state index in [9.17, 15) is 4.79 Å². The van der Waals surface area contributed by atoms with E-state index in [0.29, 0.717) is 13.0 Å². The number of piperidine rings is 1. The van der Waals surface area contributed by atoms with Gasteiger partial charge in [-0.2, -0.15) is 0 Å². The SMILES string of the molecule is CC(C)(C)c1ccc(C(=O)CCCN2CCCCC2OCc2ccccc2)cc1. The number of carbonyl (C=O) groups is 1. The van der Waals surface area contributed by atoms with Gasteiger partial charge < -0.3 is 4.74 Å². The maximum atomic E-state index is 12.6. The van der Waals surface area contributed by atoms with Crippen LogP contribution in [0, 0.1) is 0 Å². The van der Waals surface area contributed by atoms with E-state index >= 15 is 0 Å². The number of nitrogens with zero attached hydrogens (tertiary/aromatic N) is 1. The van der Waals surface area contributed by atoms with Gasteiger partial charge in [0, 0.05) is 25.1 Å². The molecule has 156 valence electrons. The van der Waals surface area contributed by atoms with Gasteiger partial charge in [0.1, 0.15) is 6.23 Å². The highest BCUT2D eigenvalue weighted by Gasteiger charge is 2.23. The lowest BCUT2D eigenvalue weighted by atomic mass is 9.86. The maximum absolute atomic E-state index is 12.6. The van der Waals surface area contributed by atoms with E-state index in [1.165, 1.54) is 24.0 Å². The van der Waals surface area contributed by atoms with Crippen LogP contribution in [0.2, 0.25) is 0 Å². The van der Waals surface area contributed by atoms with Gasteiger partial charge in [-0.3, -0.25) is 9.69 Å². The zero-order chi connectivity index (χ0) is 20.7. The topological polar surface area (TPSA) is 29.5 Å². The minimum atomic E-state index is 0.116. The number of ether oxygens (including phenoxy) is 1. The summed E-state index contributed by atoms with van der Waals surface area (Å²) in [6, 6.07) is 18.5. The summed E-state index contributed by atoms with van der Waals surface area (Å²) in [7, 11) is 0. The van der Waals surface area contributed by atoms with Gasteiger partial charge in [-0.25, -0.2) is 0 Å². The minimum Gasteiger partial charge on any atom is -0.358 e. The first-order valence-electron chi connectivity index (χ1n) is 11.0. The molecule has 0 spiro atoms. The lowest BCUT2D eigenvalue weighted by molar-refractivity contribution is -0.0882. The van der Waals surface area contributed by atoms with Gasteiger partial charge in [0.2, 0.25) is 0 Å². The van der Waals surface area contributed by atoms with E-state index < -0.39 is 0 Å². The first kappa shape index (κ1) is 21.7. The van der Waals surface area contributed by atoms with Crippen molar-refractivity contribution in [2.24, 2.45) is 0 Å². The van der Waals surface area contributed by atoms with Crippen LogP contribution in [0.25, 0.3) is 0 Å². The third-order valence-corrected chi connectivity index (χ3v) is 5.76. The quantitative estimate of drug-likeness (QED) is 0.517. The lowest BCUT2D eigenvalue weighted by Crippen LogP contribution is -2.41. The van der Waals surface area contributed by atoms with Crippen LogP contribution in [-0.4, -0.2) is 30.0 Å². The number of ketones is 1. The lowest BCUT2D eigenvalue weighted by Gasteiger charge is -2.35. The van der Waals surface area contributed by atoms with Crippen LogP contribution in [0.1, 0.15) is 74.4 Å². The summed E-state index contributed by atoms with van der Waals surface area (Å²) >= 11 is 0. The summed E-state index contributed by atoms with van der Waals surface area (Å²) in [5.74, 6) is 0.240. The fourth-order valence-corrected chi connectivity index (χ4v) is 3.91. The van der Waals surface area contributed by atoms with Gasteiger partial charge in [-0.05, 0) is 42.2 Å². The largest absolute Gasteiger partial charge is 0.358 e. The van der Waals surface area contributed by atoms with Crippen LogP contribution in [0.4, 0.5) is 0 Å². The van der Waals surface area contributed by atoms with E-state index in [0.717, 1.165) is 31.5 Å². The number of hydrogen-bond donors (Lipinski definition) is 0. The van der Waals surface area contributed by atoms with E-state index in [1.54, 1.807) is 0 Å². The molecule has 3 nitrogen and oxygen atoms in total. The average Bonchev–Trinajstić information content (AvgIpc) is 2.73. The number of likely N-dealkylation sites (tertiary alicyclic amines) is 1. The summed E-state index contributed by atoms with van der Waals surface area (Å²) in [4.78, 5) is 15.0. The van der Waals surface area contributed by atoms with Gasteiger partial charge in [-0.1, -0.05) is 75.4 Å².